The zero-order valence-electron chi connectivity index (χ0n) is 17.5. The van der Waals surface area contributed by atoms with Crippen molar-refractivity contribution in [2.24, 2.45) is 7.05 Å². The van der Waals surface area contributed by atoms with Gasteiger partial charge in [0.2, 0.25) is 15.9 Å². The number of hydrogen-bond donors (Lipinski definition) is 1. The molecular weight excluding hydrogens is 449 g/mol. The molecule has 0 saturated carbocycles. The number of aromatic nitrogens is 2. The molecule has 0 aliphatic heterocycles. The van der Waals surface area contributed by atoms with E-state index in [2.05, 4.69) is 15.0 Å². The topological polar surface area (TPSA) is 93.5 Å². The van der Waals surface area contributed by atoms with Crippen LogP contribution in [0.5, 0.6) is 5.75 Å². The summed E-state index contributed by atoms with van der Waals surface area (Å²) in [5.74, 6) is -0.147. The highest BCUT2D eigenvalue weighted by Gasteiger charge is 2.31. The van der Waals surface area contributed by atoms with Crippen LogP contribution in [0.4, 0.5) is 18.9 Å². The molecule has 3 aromatic rings. The van der Waals surface area contributed by atoms with Gasteiger partial charge in [0.05, 0.1) is 15.9 Å². The zero-order valence-corrected chi connectivity index (χ0v) is 18.3. The van der Waals surface area contributed by atoms with Gasteiger partial charge in [-0.05, 0) is 42.5 Å². The van der Waals surface area contributed by atoms with Crippen LogP contribution in [-0.2, 0) is 28.3 Å². The summed E-state index contributed by atoms with van der Waals surface area (Å²) in [5.41, 5.74) is 1.54. The van der Waals surface area contributed by atoms with Gasteiger partial charge in [0, 0.05) is 39.7 Å². The van der Waals surface area contributed by atoms with E-state index in [1.54, 1.807) is 17.7 Å². The van der Waals surface area contributed by atoms with Crippen molar-refractivity contribution in [3.8, 4) is 5.75 Å². The maximum absolute atomic E-state index is 12.3. The second kappa shape index (κ2) is 8.79. The first-order valence-electron chi connectivity index (χ1n) is 9.40. The van der Waals surface area contributed by atoms with E-state index < -0.39 is 16.4 Å². The second-order valence-electron chi connectivity index (χ2n) is 7.15. The Bertz CT molecular complexity index is 1240. The average Bonchev–Trinajstić information content (AvgIpc) is 3.02. The number of imidazole rings is 1. The number of anilines is 1. The highest BCUT2D eigenvalue weighted by Crippen LogP contribution is 2.24. The normalized spacial score (nSPS) is 12.3. The monoisotopic (exact) mass is 470 g/mol. The molecule has 1 amide bonds. The van der Waals surface area contributed by atoms with Crippen molar-refractivity contribution < 1.29 is 31.1 Å². The van der Waals surface area contributed by atoms with Crippen LogP contribution in [0, 0.1) is 0 Å². The highest BCUT2D eigenvalue weighted by atomic mass is 32.2. The van der Waals surface area contributed by atoms with E-state index >= 15 is 0 Å². The molecule has 0 spiro atoms. The van der Waals surface area contributed by atoms with Gasteiger partial charge < -0.3 is 14.6 Å². The van der Waals surface area contributed by atoms with Crippen LogP contribution in [-0.4, -0.2) is 48.6 Å². The first-order valence-corrected chi connectivity index (χ1v) is 10.8. The Morgan fingerprint density at radius 1 is 1.16 bits per heavy atom. The maximum atomic E-state index is 12.3. The molecule has 1 aromatic heterocycles. The lowest BCUT2D eigenvalue weighted by Gasteiger charge is -2.11. The first kappa shape index (κ1) is 23.5. The van der Waals surface area contributed by atoms with E-state index in [0.717, 1.165) is 22.0 Å². The SMILES string of the molecule is CN(C)S(=O)(=O)c1ccc2c(c1)nc(CCC(=O)Nc1ccc(OC(F)(F)F)cc1)n2C. The fourth-order valence-electron chi connectivity index (χ4n) is 3.01. The molecule has 2 aromatic carbocycles. The quantitative estimate of drug-likeness (QED) is 0.572. The first-order chi connectivity index (χ1) is 14.9. The number of fused-ring (bicyclic) bond motifs is 1. The molecule has 172 valence electrons. The molecule has 8 nitrogen and oxygen atoms in total. The van der Waals surface area contributed by atoms with Crippen molar-refractivity contribution in [2.45, 2.75) is 24.1 Å². The minimum Gasteiger partial charge on any atom is -0.406 e. The molecule has 0 fully saturated rings. The third-order valence-electron chi connectivity index (χ3n) is 4.67. The molecule has 3 rings (SSSR count). The minimum absolute atomic E-state index is 0.0703. The van der Waals surface area contributed by atoms with Crippen LogP contribution in [0.1, 0.15) is 12.2 Å². The zero-order chi connectivity index (χ0) is 23.7. The second-order valence-corrected chi connectivity index (χ2v) is 9.30. The number of carbonyl (C=O) groups is 1. The van der Waals surface area contributed by atoms with Gasteiger partial charge in [0.15, 0.2) is 0 Å². The Kier molecular flexibility index (Phi) is 6.46. The molecule has 0 aliphatic rings. The van der Waals surface area contributed by atoms with Gasteiger partial charge in [-0.2, -0.15) is 0 Å². The van der Waals surface area contributed by atoms with Crippen LogP contribution in [0.25, 0.3) is 11.0 Å². The van der Waals surface area contributed by atoms with Gasteiger partial charge in [-0.25, -0.2) is 17.7 Å². The van der Waals surface area contributed by atoms with E-state index in [1.807, 2.05) is 0 Å². The third kappa shape index (κ3) is 5.37. The molecule has 12 heteroatoms. The fraction of sp³-hybridized carbons (Fsp3) is 0.300. The van der Waals surface area contributed by atoms with Crippen LogP contribution >= 0.6 is 0 Å². The molecule has 0 radical (unpaired) electrons. The van der Waals surface area contributed by atoms with Crippen molar-refractivity contribution in [3.63, 3.8) is 0 Å². The summed E-state index contributed by atoms with van der Waals surface area (Å²) in [7, 11) is 1.06. The number of sulfonamides is 1. The summed E-state index contributed by atoms with van der Waals surface area (Å²) in [4.78, 5) is 16.8. The number of carbonyl (C=O) groups excluding carboxylic acids is 1. The lowest BCUT2D eigenvalue weighted by Crippen LogP contribution is -2.22. The number of nitrogens with one attached hydrogen (secondary N) is 1. The number of aryl methyl sites for hydroxylation is 2. The van der Waals surface area contributed by atoms with Crippen LogP contribution in [0.3, 0.4) is 0 Å². The summed E-state index contributed by atoms with van der Waals surface area (Å²) in [6, 6.07) is 9.47. The molecular formula is C20H21F3N4O4S. The Morgan fingerprint density at radius 2 is 1.81 bits per heavy atom. The maximum Gasteiger partial charge on any atom is 0.573 e. The minimum atomic E-state index is -4.78. The molecule has 1 N–H and O–H groups in total. The smallest absolute Gasteiger partial charge is 0.406 e. The molecule has 0 bridgehead atoms. The highest BCUT2D eigenvalue weighted by molar-refractivity contribution is 7.89. The van der Waals surface area contributed by atoms with E-state index in [1.165, 1.54) is 38.4 Å². The van der Waals surface area contributed by atoms with Crippen molar-refractivity contribution in [1.82, 2.24) is 13.9 Å². The number of rotatable bonds is 7. The molecule has 1 heterocycles. The van der Waals surface area contributed by atoms with Gasteiger partial charge >= 0.3 is 6.36 Å². The Hall–Kier alpha value is -3.12. The van der Waals surface area contributed by atoms with Crippen molar-refractivity contribution in [1.29, 1.82) is 0 Å². The molecule has 0 aliphatic carbocycles. The van der Waals surface area contributed by atoms with E-state index in [9.17, 15) is 26.4 Å². The van der Waals surface area contributed by atoms with Gasteiger partial charge in [-0.3, -0.25) is 4.79 Å². The standard InChI is InChI=1S/C20H21F3N4O4S/c1-26(2)32(29,30)15-8-9-17-16(12-15)25-18(27(17)3)10-11-19(28)24-13-4-6-14(7-5-13)31-20(21,22)23/h4-9,12H,10-11H2,1-3H3,(H,24,28). The average molecular weight is 470 g/mol. The Labute approximate surface area is 182 Å². The van der Waals surface area contributed by atoms with Gasteiger partial charge in [-0.15, -0.1) is 13.2 Å². The largest absolute Gasteiger partial charge is 0.573 e. The number of hydrogen-bond acceptors (Lipinski definition) is 5. The summed E-state index contributed by atoms with van der Waals surface area (Å²) in [6.07, 6.45) is -4.43. The van der Waals surface area contributed by atoms with Gasteiger partial charge in [0.1, 0.15) is 11.6 Å². The predicted octanol–water partition coefficient (Wildman–Crippen LogP) is 3.29. The Morgan fingerprint density at radius 3 is 2.41 bits per heavy atom. The molecule has 0 atom stereocenters. The summed E-state index contributed by atoms with van der Waals surface area (Å²) >= 11 is 0. The number of halogens is 3. The third-order valence-corrected chi connectivity index (χ3v) is 6.48. The van der Waals surface area contributed by atoms with Crippen LogP contribution < -0.4 is 10.1 Å². The lowest BCUT2D eigenvalue weighted by molar-refractivity contribution is -0.274. The van der Waals surface area contributed by atoms with Crippen molar-refractivity contribution in [3.05, 3.63) is 48.3 Å². The lowest BCUT2D eigenvalue weighted by atomic mass is 10.2. The van der Waals surface area contributed by atoms with Gasteiger partial charge in [-0.1, -0.05) is 0 Å². The number of nitrogens with zero attached hydrogens (tertiary/aromatic N) is 3. The molecule has 0 unspecified atom stereocenters. The summed E-state index contributed by atoms with van der Waals surface area (Å²) in [5, 5.41) is 2.60. The van der Waals surface area contributed by atoms with E-state index in [-0.39, 0.29) is 29.4 Å². The number of benzene rings is 2. The predicted molar refractivity (Wildman–Crippen MR) is 112 cm³/mol. The van der Waals surface area contributed by atoms with Crippen molar-refractivity contribution >= 4 is 32.7 Å². The van der Waals surface area contributed by atoms with E-state index in [0.29, 0.717) is 17.0 Å². The van der Waals surface area contributed by atoms with E-state index in [4.69, 9.17) is 0 Å². The fourth-order valence-corrected chi connectivity index (χ4v) is 3.94. The molecule has 32 heavy (non-hydrogen) atoms. The molecule has 0 saturated heterocycles. The number of amides is 1. The number of ether oxygens (including phenoxy) is 1. The Balaban J connectivity index is 1.66. The van der Waals surface area contributed by atoms with Crippen molar-refractivity contribution in [2.75, 3.05) is 19.4 Å². The number of alkyl halides is 3. The van der Waals surface area contributed by atoms with Crippen LogP contribution in [0.15, 0.2) is 47.4 Å². The summed E-state index contributed by atoms with van der Waals surface area (Å²) < 4.78 is 67.9. The van der Waals surface area contributed by atoms with Gasteiger partial charge in [0.25, 0.3) is 0 Å². The summed E-state index contributed by atoms with van der Waals surface area (Å²) in [6.45, 7) is 0. The van der Waals surface area contributed by atoms with Crippen LogP contribution in [0.2, 0.25) is 0 Å².